The molecule has 0 aliphatic carbocycles. The molecule has 0 amide bonds. The average Bonchev–Trinajstić information content (AvgIpc) is 2.42. The van der Waals surface area contributed by atoms with Gasteiger partial charge in [0.25, 0.3) is 0 Å². The summed E-state index contributed by atoms with van der Waals surface area (Å²) in [6.07, 6.45) is 3.86. The fourth-order valence-electron chi connectivity index (χ4n) is 1.67. The van der Waals surface area contributed by atoms with E-state index in [1.54, 1.807) is 0 Å². The second kappa shape index (κ2) is 8.15. The van der Waals surface area contributed by atoms with Gasteiger partial charge in [-0.2, -0.15) is 0 Å². The molecule has 1 aromatic carbocycles. The molecule has 1 rings (SSSR count). The lowest BCUT2D eigenvalue weighted by atomic mass is 10.1. The van der Waals surface area contributed by atoms with Crippen molar-refractivity contribution in [3.63, 3.8) is 0 Å². The van der Waals surface area contributed by atoms with Gasteiger partial charge in [0, 0.05) is 6.42 Å². The van der Waals surface area contributed by atoms with E-state index >= 15 is 0 Å². The molecule has 18 heavy (non-hydrogen) atoms. The molecule has 100 valence electrons. The number of carbonyl (C=O) groups excluding carboxylic acids is 1. The van der Waals surface area contributed by atoms with Crippen molar-refractivity contribution in [1.29, 1.82) is 0 Å². The van der Waals surface area contributed by atoms with E-state index in [9.17, 15) is 4.79 Å². The number of hydrogen-bond acceptors (Lipinski definition) is 2. The highest BCUT2D eigenvalue weighted by Gasteiger charge is 2.15. The number of ether oxygens (including phenoxy) is 1. The van der Waals surface area contributed by atoms with Crippen molar-refractivity contribution in [1.82, 2.24) is 0 Å². The number of ketones is 1. The minimum Gasteiger partial charge on any atom is -0.494 e. The van der Waals surface area contributed by atoms with Crippen molar-refractivity contribution in [2.24, 2.45) is 0 Å². The molecular weight excluding hydrogens is 248 g/mol. The van der Waals surface area contributed by atoms with Crippen LogP contribution in [0.2, 0.25) is 0 Å². The molecule has 2 nitrogen and oxygen atoms in total. The van der Waals surface area contributed by atoms with Crippen molar-refractivity contribution >= 4 is 17.4 Å². The second-order valence-electron chi connectivity index (χ2n) is 4.31. The van der Waals surface area contributed by atoms with E-state index in [1.807, 2.05) is 31.2 Å². The molecular formula is C15H21ClO2. The number of halogens is 1. The van der Waals surface area contributed by atoms with E-state index in [1.165, 1.54) is 12.8 Å². The molecule has 0 saturated heterocycles. The first kappa shape index (κ1) is 15.0. The van der Waals surface area contributed by atoms with Crippen LogP contribution in [-0.4, -0.2) is 12.4 Å². The van der Waals surface area contributed by atoms with Gasteiger partial charge in [0.2, 0.25) is 0 Å². The van der Waals surface area contributed by atoms with Crippen LogP contribution in [-0.2, 0) is 4.79 Å². The molecule has 1 aromatic rings. The van der Waals surface area contributed by atoms with Gasteiger partial charge < -0.3 is 4.74 Å². The Balaban J connectivity index is 2.59. The highest BCUT2D eigenvalue weighted by molar-refractivity contribution is 6.31. The van der Waals surface area contributed by atoms with Crippen LogP contribution in [0.1, 0.15) is 50.5 Å². The number of alkyl halides is 1. The lowest BCUT2D eigenvalue weighted by molar-refractivity contribution is -0.118. The Kier molecular flexibility index (Phi) is 6.81. The Morgan fingerprint density at radius 2 is 2.11 bits per heavy atom. The Morgan fingerprint density at radius 1 is 1.33 bits per heavy atom. The minimum absolute atomic E-state index is 0.0415. The molecule has 0 radical (unpaired) electrons. The number of Topliss-reactive ketones (excluding diaryl/α,β-unsaturated/α-hetero) is 1. The summed E-state index contributed by atoms with van der Waals surface area (Å²) in [7, 11) is 0. The maximum Gasteiger partial charge on any atom is 0.154 e. The first-order valence-corrected chi connectivity index (χ1v) is 7.02. The Morgan fingerprint density at radius 3 is 2.78 bits per heavy atom. The Labute approximate surface area is 114 Å². The number of unbranched alkanes of at least 4 members (excludes halogenated alkanes) is 2. The Bertz CT molecular complexity index is 377. The molecule has 1 unspecified atom stereocenters. The van der Waals surface area contributed by atoms with Gasteiger partial charge in [-0.25, -0.2) is 0 Å². The van der Waals surface area contributed by atoms with Crippen molar-refractivity contribution in [2.75, 3.05) is 6.61 Å². The molecule has 0 aromatic heterocycles. The lowest BCUT2D eigenvalue weighted by Crippen LogP contribution is -2.05. The van der Waals surface area contributed by atoms with Gasteiger partial charge in [0.15, 0.2) is 5.78 Å². The fraction of sp³-hybridized carbons (Fsp3) is 0.533. The maximum atomic E-state index is 11.5. The quantitative estimate of drug-likeness (QED) is 0.512. The summed E-state index contributed by atoms with van der Waals surface area (Å²) in [5.74, 6) is 0.831. The third kappa shape index (κ3) is 4.69. The van der Waals surface area contributed by atoms with Crippen LogP contribution in [0.5, 0.6) is 5.75 Å². The summed E-state index contributed by atoms with van der Waals surface area (Å²) >= 11 is 6.11. The van der Waals surface area contributed by atoms with Gasteiger partial charge in [-0.1, -0.05) is 38.8 Å². The predicted octanol–water partition coefficient (Wildman–Crippen LogP) is 4.51. The zero-order valence-electron chi connectivity index (χ0n) is 11.1. The molecule has 0 fully saturated rings. The van der Waals surface area contributed by atoms with Gasteiger partial charge in [0.05, 0.1) is 6.61 Å². The minimum atomic E-state index is -0.561. The third-order valence-electron chi connectivity index (χ3n) is 2.80. The first-order valence-electron chi connectivity index (χ1n) is 6.58. The summed E-state index contributed by atoms with van der Waals surface area (Å²) in [5.41, 5.74) is 0.816. The molecule has 0 spiro atoms. The first-order chi connectivity index (χ1) is 8.69. The van der Waals surface area contributed by atoms with Gasteiger partial charge >= 0.3 is 0 Å². The van der Waals surface area contributed by atoms with Gasteiger partial charge in [-0.05, 0) is 24.1 Å². The molecule has 0 heterocycles. The molecule has 0 aliphatic rings. The van der Waals surface area contributed by atoms with E-state index in [0.29, 0.717) is 13.0 Å². The van der Waals surface area contributed by atoms with Gasteiger partial charge in [-0.15, -0.1) is 11.6 Å². The van der Waals surface area contributed by atoms with Crippen LogP contribution in [0.3, 0.4) is 0 Å². The van der Waals surface area contributed by atoms with Crippen LogP contribution < -0.4 is 4.74 Å². The lowest BCUT2D eigenvalue weighted by Gasteiger charge is -2.10. The molecule has 3 heteroatoms. The third-order valence-corrected chi connectivity index (χ3v) is 3.29. The van der Waals surface area contributed by atoms with Crippen LogP contribution in [0.25, 0.3) is 0 Å². The maximum absolute atomic E-state index is 11.5. The van der Waals surface area contributed by atoms with E-state index in [2.05, 4.69) is 6.92 Å². The number of carbonyl (C=O) groups is 1. The topological polar surface area (TPSA) is 26.3 Å². The Hall–Kier alpha value is -1.02. The molecule has 0 N–H and O–H groups in total. The van der Waals surface area contributed by atoms with Crippen molar-refractivity contribution in [3.05, 3.63) is 29.8 Å². The molecule has 0 saturated carbocycles. The SMILES string of the molecule is CCCCCOc1cccc(C(Cl)C(=O)CC)c1. The second-order valence-corrected chi connectivity index (χ2v) is 4.75. The highest BCUT2D eigenvalue weighted by atomic mass is 35.5. The summed E-state index contributed by atoms with van der Waals surface area (Å²) in [5, 5.41) is -0.561. The molecule has 1 atom stereocenters. The van der Waals surface area contributed by atoms with E-state index in [0.717, 1.165) is 17.7 Å². The van der Waals surface area contributed by atoms with Crippen LogP contribution in [0, 0.1) is 0 Å². The van der Waals surface area contributed by atoms with E-state index in [-0.39, 0.29) is 5.78 Å². The summed E-state index contributed by atoms with van der Waals surface area (Å²) in [6.45, 7) is 4.70. The van der Waals surface area contributed by atoms with E-state index < -0.39 is 5.38 Å². The van der Waals surface area contributed by atoms with Crippen LogP contribution in [0.4, 0.5) is 0 Å². The van der Waals surface area contributed by atoms with Crippen molar-refractivity contribution < 1.29 is 9.53 Å². The van der Waals surface area contributed by atoms with Crippen LogP contribution in [0.15, 0.2) is 24.3 Å². The fourth-order valence-corrected chi connectivity index (χ4v) is 1.96. The molecule has 0 aliphatic heterocycles. The monoisotopic (exact) mass is 268 g/mol. The standard InChI is InChI=1S/C15H21ClO2/c1-3-5-6-10-18-13-9-7-8-12(11-13)15(16)14(17)4-2/h7-9,11,15H,3-6,10H2,1-2H3. The zero-order valence-corrected chi connectivity index (χ0v) is 11.9. The van der Waals surface area contributed by atoms with Crippen molar-refractivity contribution in [2.45, 2.75) is 44.9 Å². The number of hydrogen-bond donors (Lipinski definition) is 0. The number of benzene rings is 1. The summed E-state index contributed by atoms with van der Waals surface area (Å²) in [4.78, 5) is 11.5. The summed E-state index contributed by atoms with van der Waals surface area (Å²) in [6, 6.07) is 7.50. The average molecular weight is 269 g/mol. The van der Waals surface area contributed by atoms with E-state index in [4.69, 9.17) is 16.3 Å². The van der Waals surface area contributed by atoms with Crippen molar-refractivity contribution in [3.8, 4) is 5.75 Å². The number of rotatable bonds is 8. The predicted molar refractivity (Wildman–Crippen MR) is 75.4 cm³/mol. The van der Waals surface area contributed by atoms with Gasteiger partial charge in [-0.3, -0.25) is 4.79 Å². The highest BCUT2D eigenvalue weighted by Crippen LogP contribution is 2.26. The molecule has 0 bridgehead atoms. The van der Waals surface area contributed by atoms with Crippen LogP contribution >= 0.6 is 11.6 Å². The smallest absolute Gasteiger partial charge is 0.154 e. The largest absolute Gasteiger partial charge is 0.494 e. The zero-order chi connectivity index (χ0) is 13.4. The normalized spacial score (nSPS) is 12.2. The van der Waals surface area contributed by atoms with Gasteiger partial charge in [0.1, 0.15) is 11.1 Å². The summed E-state index contributed by atoms with van der Waals surface area (Å²) < 4.78 is 5.64.